The molecule has 0 amide bonds. The Balaban J connectivity index is 4.00. The first-order valence-corrected chi connectivity index (χ1v) is 4.71. The number of hydrogen-bond acceptors (Lipinski definition) is 2. The van der Waals surface area contributed by atoms with Gasteiger partial charge in [0, 0.05) is 12.3 Å². The van der Waals surface area contributed by atoms with Crippen LogP contribution in [0.2, 0.25) is 0 Å². The second kappa shape index (κ2) is 5.32. The van der Waals surface area contributed by atoms with E-state index in [0.29, 0.717) is 0 Å². The van der Waals surface area contributed by atoms with Gasteiger partial charge in [-0.1, -0.05) is 27.7 Å². The van der Waals surface area contributed by atoms with E-state index in [1.165, 1.54) is 0 Å². The van der Waals surface area contributed by atoms with E-state index in [-0.39, 0.29) is 24.0 Å². The van der Waals surface area contributed by atoms with Crippen LogP contribution in [-0.2, 0) is 4.79 Å². The lowest BCUT2D eigenvalue weighted by molar-refractivity contribution is -0.125. The molecule has 3 heteroatoms. The molecule has 0 rings (SSSR count). The molecule has 0 saturated carbocycles. The monoisotopic (exact) mass is 190 g/mol. The second-order valence-corrected chi connectivity index (χ2v) is 4.08. The van der Waals surface area contributed by atoms with Gasteiger partial charge in [0.05, 0.1) is 6.10 Å². The molecule has 13 heavy (non-hydrogen) atoms. The van der Waals surface area contributed by atoms with E-state index in [1.54, 1.807) is 27.7 Å². The molecular formula is C10H19FO2. The van der Waals surface area contributed by atoms with E-state index in [2.05, 4.69) is 0 Å². The van der Waals surface area contributed by atoms with E-state index < -0.39 is 12.3 Å². The van der Waals surface area contributed by atoms with Gasteiger partial charge in [0.1, 0.15) is 12.0 Å². The summed E-state index contributed by atoms with van der Waals surface area (Å²) in [6.45, 7) is 6.87. The topological polar surface area (TPSA) is 37.3 Å². The molecule has 1 N–H and O–H groups in total. The van der Waals surface area contributed by atoms with Crippen molar-refractivity contribution < 1.29 is 14.3 Å². The van der Waals surface area contributed by atoms with Crippen LogP contribution in [0.5, 0.6) is 0 Å². The molecule has 0 aliphatic rings. The van der Waals surface area contributed by atoms with Gasteiger partial charge in [-0.05, 0) is 5.92 Å². The molecule has 0 aromatic rings. The summed E-state index contributed by atoms with van der Waals surface area (Å²) in [6, 6.07) is 0. The van der Waals surface area contributed by atoms with E-state index in [9.17, 15) is 14.3 Å². The molecule has 0 aliphatic heterocycles. The number of ketones is 1. The summed E-state index contributed by atoms with van der Waals surface area (Å²) in [5, 5.41) is 9.31. The van der Waals surface area contributed by atoms with Gasteiger partial charge in [0.15, 0.2) is 0 Å². The highest BCUT2D eigenvalue weighted by Crippen LogP contribution is 2.15. The van der Waals surface area contributed by atoms with Gasteiger partial charge in [-0.15, -0.1) is 0 Å². The third kappa shape index (κ3) is 4.36. The molecule has 0 aromatic heterocycles. The molecular weight excluding hydrogens is 171 g/mol. The summed E-state index contributed by atoms with van der Waals surface area (Å²) in [7, 11) is 0. The van der Waals surface area contributed by atoms with Crippen LogP contribution in [0.25, 0.3) is 0 Å². The minimum Gasteiger partial charge on any atom is -0.390 e. The van der Waals surface area contributed by atoms with Gasteiger partial charge >= 0.3 is 0 Å². The van der Waals surface area contributed by atoms with Gasteiger partial charge in [0.2, 0.25) is 0 Å². The van der Waals surface area contributed by atoms with Gasteiger partial charge in [-0.3, -0.25) is 4.79 Å². The first-order chi connectivity index (χ1) is 5.86. The highest BCUT2D eigenvalue weighted by Gasteiger charge is 2.24. The molecule has 0 radical (unpaired) electrons. The van der Waals surface area contributed by atoms with Gasteiger partial charge in [-0.25, -0.2) is 4.39 Å². The number of halogens is 1. The third-order valence-corrected chi connectivity index (χ3v) is 2.06. The zero-order valence-electron chi connectivity index (χ0n) is 8.75. The lowest BCUT2D eigenvalue weighted by Gasteiger charge is -2.18. The molecule has 0 fully saturated rings. The van der Waals surface area contributed by atoms with E-state index >= 15 is 0 Å². The second-order valence-electron chi connectivity index (χ2n) is 4.08. The summed E-state index contributed by atoms with van der Waals surface area (Å²) < 4.78 is 13.1. The maximum Gasteiger partial charge on any atom is 0.138 e. The molecule has 0 aliphatic carbocycles. The number of alkyl halides is 1. The Labute approximate surface area is 79.1 Å². The van der Waals surface area contributed by atoms with Crippen LogP contribution < -0.4 is 0 Å². The standard InChI is InChI=1S/C10H19FO2/c1-6(2)8(12)5-9(13)10(11)7(3)4/h6-7,9-10,13H,5H2,1-4H3/t9-,10+/m1/s1. The van der Waals surface area contributed by atoms with Crippen molar-refractivity contribution in [1.82, 2.24) is 0 Å². The minimum absolute atomic E-state index is 0.0724. The molecule has 78 valence electrons. The molecule has 0 heterocycles. The van der Waals surface area contributed by atoms with Crippen molar-refractivity contribution in [3.63, 3.8) is 0 Å². The first kappa shape index (κ1) is 12.6. The smallest absolute Gasteiger partial charge is 0.138 e. The van der Waals surface area contributed by atoms with Gasteiger partial charge in [-0.2, -0.15) is 0 Å². The van der Waals surface area contributed by atoms with Crippen LogP contribution in [-0.4, -0.2) is 23.2 Å². The van der Waals surface area contributed by atoms with E-state index in [4.69, 9.17) is 0 Å². The highest BCUT2D eigenvalue weighted by atomic mass is 19.1. The Morgan fingerprint density at radius 2 is 1.77 bits per heavy atom. The Morgan fingerprint density at radius 1 is 1.31 bits per heavy atom. The predicted octanol–water partition coefficient (Wildman–Crippen LogP) is 1.96. The van der Waals surface area contributed by atoms with Crippen LogP contribution in [0.1, 0.15) is 34.1 Å². The molecule has 2 nitrogen and oxygen atoms in total. The van der Waals surface area contributed by atoms with Crippen molar-refractivity contribution in [3.05, 3.63) is 0 Å². The van der Waals surface area contributed by atoms with Crippen molar-refractivity contribution in [1.29, 1.82) is 0 Å². The van der Waals surface area contributed by atoms with E-state index in [1.807, 2.05) is 0 Å². The SMILES string of the molecule is CC(C)C(=O)C[C@@H](O)[C@@H](F)C(C)C. The summed E-state index contributed by atoms with van der Waals surface area (Å²) >= 11 is 0. The van der Waals surface area contributed by atoms with Crippen molar-refractivity contribution in [2.75, 3.05) is 0 Å². The van der Waals surface area contributed by atoms with Gasteiger partial charge < -0.3 is 5.11 Å². The normalized spacial score (nSPS) is 16.3. The number of carbonyl (C=O) groups is 1. The third-order valence-electron chi connectivity index (χ3n) is 2.06. The predicted molar refractivity (Wildman–Crippen MR) is 50.2 cm³/mol. The average Bonchev–Trinajstić information content (AvgIpc) is 2.02. The lowest BCUT2D eigenvalue weighted by Crippen LogP contribution is -2.30. The first-order valence-electron chi connectivity index (χ1n) is 4.71. The molecule has 0 bridgehead atoms. The Kier molecular flexibility index (Phi) is 5.14. The highest BCUT2D eigenvalue weighted by molar-refractivity contribution is 5.80. The maximum absolute atomic E-state index is 13.1. The number of Topliss-reactive ketones (excluding diaryl/α,β-unsaturated/α-hetero) is 1. The summed E-state index contributed by atoms with van der Waals surface area (Å²) in [6.07, 6.45) is -2.52. The van der Waals surface area contributed by atoms with Gasteiger partial charge in [0.25, 0.3) is 0 Å². The molecule has 0 aromatic carbocycles. The molecule has 0 spiro atoms. The molecule has 0 saturated heterocycles. The number of carbonyl (C=O) groups excluding carboxylic acids is 1. The number of rotatable bonds is 5. The van der Waals surface area contributed by atoms with Crippen molar-refractivity contribution in [2.45, 2.75) is 46.4 Å². The van der Waals surface area contributed by atoms with Crippen LogP contribution in [0, 0.1) is 11.8 Å². The molecule has 2 atom stereocenters. The zero-order chi connectivity index (χ0) is 10.6. The lowest BCUT2D eigenvalue weighted by atomic mass is 9.96. The quantitative estimate of drug-likeness (QED) is 0.719. The van der Waals surface area contributed by atoms with Crippen LogP contribution in [0.4, 0.5) is 4.39 Å². The number of aliphatic hydroxyl groups excluding tert-OH is 1. The van der Waals surface area contributed by atoms with Crippen molar-refractivity contribution >= 4 is 5.78 Å². The Bertz CT molecular complexity index is 166. The number of aliphatic hydroxyl groups is 1. The fourth-order valence-corrected chi connectivity index (χ4v) is 0.999. The fourth-order valence-electron chi connectivity index (χ4n) is 0.999. The van der Waals surface area contributed by atoms with Crippen molar-refractivity contribution in [2.24, 2.45) is 11.8 Å². The fraction of sp³-hybridized carbons (Fsp3) is 0.900. The summed E-state index contributed by atoms with van der Waals surface area (Å²) in [4.78, 5) is 11.2. The Morgan fingerprint density at radius 3 is 2.08 bits per heavy atom. The Hall–Kier alpha value is -0.440. The minimum atomic E-state index is -1.30. The van der Waals surface area contributed by atoms with Crippen molar-refractivity contribution in [3.8, 4) is 0 Å². The van der Waals surface area contributed by atoms with Crippen LogP contribution in [0.3, 0.4) is 0 Å². The summed E-state index contributed by atoms with van der Waals surface area (Å²) in [5.74, 6) is -0.459. The number of hydrogen-bond donors (Lipinski definition) is 1. The van der Waals surface area contributed by atoms with Crippen LogP contribution >= 0.6 is 0 Å². The zero-order valence-corrected chi connectivity index (χ0v) is 8.75. The van der Waals surface area contributed by atoms with E-state index in [0.717, 1.165) is 0 Å². The van der Waals surface area contributed by atoms with Crippen LogP contribution in [0.15, 0.2) is 0 Å². The molecule has 0 unspecified atom stereocenters. The largest absolute Gasteiger partial charge is 0.390 e. The summed E-state index contributed by atoms with van der Waals surface area (Å²) in [5.41, 5.74) is 0. The average molecular weight is 190 g/mol. The maximum atomic E-state index is 13.1.